The Labute approximate surface area is 141 Å². The van der Waals surface area contributed by atoms with Crippen molar-refractivity contribution in [2.45, 2.75) is 45.2 Å². The summed E-state index contributed by atoms with van der Waals surface area (Å²) in [4.78, 5) is 3.83. The summed E-state index contributed by atoms with van der Waals surface area (Å²) in [5.41, 5.74) is 0. The molecule has 3 heterocycles. The van der Waals surface area contributed by atoms with Gasteiger partial charge in [0.05, 0.1) is 6.67 Å². The van der Waals surface area contributed by atoms with E-state index in [-0.39, 0.29) is 0 Å². The Hall–Kier alpha value is -0.980. The van der Waals surface area contributed by atoms with E-state index in [0.29, 0.717) is 0 Å². The smallest absolute Gasteiger partial charge is 0.198 e. The molecular weight excluding hydrogens is 312 g/mol. The van der Waals surface area contributed by atoms with Gasteiger partial charge in [-0.2, -0.15) is 5.10 Å². The number of likely N-dealkylation sites (tertiary alicyclic amines) is 1. The molecule has 0 unspecified atom stereocenters. The zero-order valence-electron chi connectivity index (χ0n) is 13.2. The Morgan fingerprint density at radius 3 is 2.59 bits per heavy atom. The average molecular weight is 337 g/mol. The SMILES string of the molecule is Cn1c(Cc2cccs2)nn(CN2CCCCCCC2)c1=S. The summed E-state index contributed by atoms with van der Waals surface area (Å²) in [6, 6.07) is 4.25. The Bertz CT molecular complexity index is 634. The second-order valence-corrected chi connectivity index (χ2v) is 7.44. The van der Waals surface area contributed by atoms with Crippen LogP contribution in [0.4, 0.5) is 0 Å². The van der Waals surface area contributed by atoms with Crippen LogP contribution in [0.3, 0.4) is 0 Å². The molecule has 0 atom stereocenters. The van der Waals surface area contributed by atoms with Crippen LogP contribution in [0.2, 0.25) is 0 Å². The van der Waals surface area contributed by atoms with Crippen LogP contribution >= 0.6 is 23.6 Å². The minimum atomic E-state index is 0.827. The molecule has 3 rings (SSSR count). The van der Waals surface area contributed by atoms with Crippen LogP contribution < -0.4 is 0 Å². The van der Waals surface area contributed by atoms with Crippen molar-refractivity contribution in [3.8, 4) is 0 Å². The van der Waals surface area contributed by atoms with Crippen LogP contribution in [0.1, 0.15) is 42.8 Å². The zero-order valence-corrected chi connectivity index (χ0v) is 14.8. The molecule has 2 aromatic heterocycles. The summed E-state index contributed by atoms with van der Waals surface area (Å²) in [6.07, 6.45) is 7.55. The molecule has 2 aromatic rings. The molecule has 0 spiro atoms. The van der Waals surface area contributed by atoms with Gasteiger partial charge in [-0.3, -0.25) is 4.90 Å². The van der Waals surface area contributed by atoms with Gasteiger partial charge in [-0.05, 0) is 49.6 Å². The van der Waals surface area contributed by atoms with Crippen molar-refractivity contribution in [1.82, 2.24) is 19.2 Å². The third-order valence-electron chi connectivity index (χ3n) is 4.33. The van der Waals surface area contributed by atoms with Gasteiger partial charge in [-0.25, -0.2) is 4.68 Å². The standard InChI is InChI=1S/C16H24N4S2/c1-18-15(12-14-8-7-11-22-14)17-20(16(18)21)13-19-9-5-3-2-4-6-10-19/h7-8,11H,2-6,9-10,12-13H2,1H3. The number of thiophene rings is 1. The molecule has 22 heavy (non-hydrogen) atoms. The normalized spacial score (nSPS) is 17.3. The molecule has 4 nitrogen and oxygen atoms in total. The molecule has 1 aliphatic rings. The van der Waals surface area contributed by atoms with Gasteiger partial charge >= 0.3 is 0 Å². The molecule has 0 saturated carbocycles. The van der Waals surface area contributed by atoms with E-state index in [4.69, 9.17) is 17.3 Å². The molecule has 0 bridgehead atoms. The van der Waals surface area contributed by atoms with Gasteiger partial charge in [-0.1, -0.05) is 25.3 Å². The lowest BCUT2D eigenvalue weighted by Gasteiger charge is -2.23. The topological polar surface area (TPSA) is 26.0 Å². The lowest BCUT2D eigenvalue weighted by Crippen LogP contribution is -2.30. The molecule has 0 radical (unpaired) electrons. The largest absolute Gasteiger partial charge is 0.307 e. The number of aromatic nitrogens is 3. The number of rotatable bonds is 4. The van der Waals surface area contributed by atoms with Crippen LogP contribution in [0.15, 0.2) is 17.5 Å². The van der Waals surface area contributed by atoms with Crippen molar-refractivity contribution in [1.29, 1.82) is 0 Å². The Morgan fingerprint density at radius 2 is 1.91 bits per heavy atom. The third kappa shape index (κ3) is 3.86. The summed E-state index contributed by atoms with van der Waals surface area (Å²) in [5.74, 6) is 1.06. The van der Waals surface area contributed by atoms with E-state index in [0.717, 1.165) is 23.7 Å². The van der Waals surface area contributed by atoms with Crippen LogP contribution in [0.25, 0.3) is 0 Å². The van der Waals surface area contributed by atoms with Crippen LogP contribution in [-0.2, 0) is 20.1 Å². The fraction of sp³-hybridized carbons (Fsp3) is 0.625. The lowest BCUT2D eigenvalue weighted by atomic mass is 10.1. The molecular formula is C16H24N4S2. The number of nitrogens with zero attached hydrogens (tertiary/aromatic N) is 4. The first-order valence-electron chi connectivity index (χ1n) is 8.11. The van der Waals surface area contributed by atoms with E-state index < -0.39 is 0 Å². The fourth-order valence-corrected chi connectivity index (χ4v) is 3.90. The number of hydrogen-bond acceptors (Lipinski definition) is 4. The van der Waals surface area contributed by atoms with Gasteiger partial charge in [0, 0.05) is 18.3 Å². The minimum absolute atomic E-state index is 0.827. The van der Waals surface area contributed by atoms with Crippen molar-refractivity contribution in [2.24, 2.45) is 7.05 Å². The van der Waals surface area contributed by atoms with Crippen LogP contribution in [0, 0.1) is 4.77 Å². The summed E-state index contributed by atoms with van der Waals surface area (Å²) >= 11 is 7.35. The van der Waals surface area contributed by atoms with Crippen molar-refractivity contribution >= 4 is 23.6 Å². The highest BCUT2D eigenvalue weighted by molar-refractivity contribution is 7.71. The molecule has 0 N–H and O–H groups in total. The quantitative estimate of drug-likeness (QED) is 0.794. The van der Waals surface area contributed by atoms with Gasteiger partial charge in [0.15, 0.2) is 4.77 Å². The Balaban J connectivity index is 1.72. The van der Waals surface area contributed by atoms with Gasteiger partial charge < -0.3 is 4.57 Å². The molecule has 1 fully saturated rings. The highest BCUT2D eigenvalue weighted by atomic mass is 32.1. The maximum atomic E-state index is 5.58. The van der Waals surface area contributed by atoms with Crippen LogP contribution in [0.5, 0.6) is 0 Å². The Kier molecular flexibility index (Phi) is 5.44. The molecule has 0 aliphatic carbocycles. The van der Waals surface area contributed by atoms with Crippen molar-refractivity contribution in [2.75, 3.05) is 13.1 Å². The van der Waals surface area contributed by atoms with Crippen molar-refractivity contribution < 1.29 is 0 Å². The molecule has 120 valence electrons. The lowest BCUT2D eigenvalue weighted by molar-refractivity contribution is 0.187. The zero-order chi connectivity index (χ0) is 15.4. The highest BCUT2D eigenvalue weighted by Crippen LogP contribution is 2.15. The summed E-state index contributed by atoms with van der Waals surface area (Å²) in [7, 11) is 2.03. The second-order valence-electron chi connectivity index (χ2n) is 6.04. The van der Waals surface area contributed by atoms with E-state index in [1.807, 2.05) is 11.7 Å². The molecule has 0 aromatic carbocycles. The van der Waals surface area contributed by atoms with E-state index in [9.17, 15) is 0 Å². The first-order chi connectivity index (χ1) is 10.7. The van der Waals surface area contributed by atoms with Gasteiger partial charge in [-0.15, -0.1) is 11.3 Å². The summed E-state index contributed by atoms with van der Waals surface area (Å²) < 4.78 is 4.88. The third-order valence-corrected chi connectivity index (χ3v) is 5.69. The fourth-order valence-electron chi connectivity index (χ4n) is 2.99. The Morgan fingerprint density at radius 1 is 1.18 bits per heavy atom. The van der Waals surface area contributed by atoms with Gasteiger partial charge in [0.1, 0.15) is 5.82 Å². The maximum absolute atomic E-state index is 5.58. The molecule has 0 amide bonds. The van der Waals surface area contributed by atoms with Crippen LogP contribution in [-0.4, -0.2) is 32.3 Å². The van der Waals surface area contributed by atoms with Gasteiger partial charge in [0.2, 0.25) is 0 Å². The highest BCUT2D eigenvalue weighted by Gasteiger charge is 2.13. The van der Waals surface area contributed by atoms with E-state index in [2.05, 4.69) is 27.0 Å². The first kappa shape index (κ1) is 15.9. The number of hydrogen-bond donors (Lipinski definition) is 0. The maximum Gasteiger partial charge on any atom is 0.198 e. The minimum Gasteiger partial charge on any atom is -0.307 e. The van der Waals surface area contributed by atoms with Crippen molar-refractivity contribution in [3.63, 3.8) is 0 Å². The first-order valence-corrected chi connectivity index (χ1v) is 9.40. The monoisotopic (exact) mass is 336 g/mol. The predicted molar refractivity (Wildman–Crippen MR) is 93.8 cm³/mol. The predicted octanol–water partition coefficient (Wildman–Crippen LogP) is 3.83. The molecule has 1 aliphatic heterocycles. The van der Waals surface area contributed by atoms with E-state index in [1.54, 1.807) is 11.3 Å². The van der Waals surface area contributed by atoms with Crippen molar-refractivity contribution in [3.05, 3.63) is 33.0 Å². The average Bonchev–Trinajstić information content (AvgIpc) is 3.07. The van der Waals surface area contributed by atoms with Gasteiger partial charge in [0.25, 0.3) is 0 Å². The molecule has 6 heteroatoms. The summed E-state index contributed by atoms with van der Waals surface area (Å²) in [5, 5.41) is 6.89. The summed E-state index contributed by atoms with van der Waals surface area (Å²) in [6.45, 7) is 3.16. The second kappa shape index (κ2) is 7.53. The van der Waals surface area contributed by atoms with E-state index >= 15 is 0 Å². The van der Waals surface area contributed by atoms with E-state index in [1.165, 1.54) is 50.1 Å². The molecule has 1 saturated heterocycles.